The Morgan fingerprint density at radius 2 is 0.797 bits per heavy atom. The van der Waals surface area contributed by atoms with E-state index in [9.17, 15) is 34.8 Å². The van der Waals surface area contributed by atoms with E-state index in [0.29, 0.717) is 6.42 Å². The van der Waals surface area contributed by atoms with Crippen molar-refractivity contribution < 1.29 is 78.2 Å². The number of nitrogens with zero attached hydrogens (tertiary/aromatic N) is 8. The molecular weight excluding hydrogens is 948 g/mol. The molecule has 9 rings (SSSR count). The molecule has 0 unspecified atom stereocenters. The minimum atomic E-state index is -4.08. The molecule has 3 aromatic heterocycles. The third-order valence-electron chi connectivity index (χ3n) is 10.4. The maximum atomic E-state index is 15.7. The van der Waals surface area contributed by atoms with Crippen molar-refractivity contribution in [1.82, 2.24) is 39.9 Å². The summed E-state index contributed by atoms with van der Waals surface area (Å²) in [6, 6.07) is 3.29. The summed E-state index contributed by atoms with van der Waals surface area (Å²) >= 11 is 0. The van der Waals surface area contributed by atoms with Crippen molar-refractivity contribution in [1.29, 1.82) is 0 Å². The van der Waals surface area contributed by atoms with Gasteiger partial charge < -0.3 is 29.9 Å². The van der Waals surface area contributed by atoms with Gasteiger partial charge in [-0.25, -0.2) is 71.1 Å². The Kier molecular flexibility index (Phi) is 11.2. The van der Waals surface area contributed by atoms with Gasteiger partial charge in [0, 0.05) is 33.4 Å². The van der Waals surface area contributed by atoms with Crippen LogP contribution in [0.5, 0.6) is 0 Å². The summed E-state index contributed by atoms with van der Waals surface area (Å²) in [5.41, 5.74) is -8.92. The van der Waals surface area contributed by atoms with Crippen LogP contribution in [0.4, 0.5) is 52.7 Å². The maximum Gasteiger partial charge on any atom is 2.00 e. The van der Waals surface area contributed by atoms with Gasteiger partial charge in [0.05, 0.1) is 56.2 Å². The van der Waals surface area contributed by atoms with Gasteiger partial charge in [0.1, 0.15) is 0 Å². The van der Waals surface area contributed by atoms with Crippen LogP contribution in [0.2, 0.25) is 0 Å². The Morgan fingerprint density at radius 1 is 0.438 bits per heavy atom. The minimum absolute atomic E-state index is 0. The summed E-state index contributed by atoms with van der Waals surface area (Å²) in [7, 11) is -4.08. The molecule has 4 aromatic carbocycles. The molecule has 10 nitrogen and oxygen atoms in total. The number of fused-ring (bicyclic) bond motifs is 20. The molecule has 0 amide bonds. The van der Waals surface area contributed by atoms with Gasteiger partial charge in [-0.05, 0) is 29.3 Å². The quantitative estimate of drug-likeness (QED) is 0.0475. The Bertz CT molecular complexity index is 3480. The standard InChI is InChI=1S/C40H20F12N8O2S.Cu/c1-2-3-4-5-6-7-10-63(61,62)12-8-9-13-14(11-12)34-53-33(13)54-35-15-17(23(43)29(49)27(47)21(15)41)37(56-35)58-39-19-20(26(46)32(52)31(51)25(19)45)40(60-39)59-38-18-16(36(55-34)57-38)22(42)28(48)30(50)24(18)44;/h8-9,11H,2-7,10H2,1H3;/q-2;+2. The van der Waals surface area contributed by atoms with E-state index in [-0.39, 0.29) is 44.9 Å². The molecule has 333 valence electrons. The monoisotopic (exact) mass is 967 g/mol. The van der Waals surface area contributed by atoms with Crippen LogP contribution in [-0.2, 0) is 26.9 Å². The van der Waals surface area contributed by atoms with Crippen LogP contribution in [0.1, 0.15) is 45.4 Å². The van der Waals surface area contributed by atoms with Crippen LogP contribution in [0, 0.1) is 69.8 Å². The largest absolute Gasteiger partial charge is 2.00 e. The first-order valence-corrected chi connectivity index (χ1v) is 20.3. The molecule has 0 aliphatic carbocycles. The van der Waals surface area contributed by atoms with Gasteiger partial charge in [-0.15, -0.1) is 0 Å². The molecule has 0 spiro atoms. The Hall–Kier alpha value is -6.13. The first-order chi connectivity index (χ1) is 29.9. The molecule has 8 bridgehead atoms. The number of hydrogen-bond acceptors (Lipinski definition) is 8. The SMILES string of the molecule is CCCCCCCCS(=O)(=O)c1ccc2c3nc4nc(nc5[n-]c(nc6nc(nc([n-]3)c2c1)-c1c(F)c(F)c(F)c(F)c1-6)c1c(F)c(F)c(F)c(F)c51)-c1c(F)c(F)c(F)c(F)c1-4.[Cu+2]. The zero-order chi connectivity index (χ0) is 45.0. The van der Waals surface area contributed by atoms with Gasteiger partial charge in [0.2, 0.25) is 0 Å². The van der Waals surface area contributed by atoms with Crippen molar-refractivity contribution in [3.8, 4) is 45.6 Å². The van der Waals surface area contributed by atoms with Gasteiger partial charge in [0.25, 0.3) is 0 Å². The fourth-order valence-corrected chi connectivity index (χ4v) is 8.75. The third-order valence-corrected chi connectivity index (χ3v) is 12.2. The molecule has 0 saturated heterocycles. The molecule has 5 heterocycles. The van der Waals surface area contributed by atoms with Crippen molar-refractivity contribution in [2.75, 3.05) is 5.75 Å². The van der Waals surface area contributed by atoms with E-state index in [1.54, 1.807) is 0 Å². The molecule has 2 aliphatic heterocycles. The predicted octanol–water partition coefficient (Wildman–Crippen LogP) is 9.93. The fraction of sp³-hybridized carbons (Fsp3) is 0.200. The second-order valence-corrected chi connectivity index (χ2v) is 16.4. The minimum Gasteiger partial charge on any atom is -0.357 e. The number of rotatable bonds is 8. The number of unbranched alkanes of at least 4 members (excludes halogenated alkanes) is 5. The number of hydrogen-bond donors (Lipinski definition) is 0. The van der Waals surface area contributed by atoms with E-state index in [1.807, 2.05) is 6.92 Å². The molecule has 64 heavy (non-hydrogen) atoms. The average Bonchev–Trinajstić information content (AvgIpc) is 4.01. The number of sulfone groups is 1. The smallest absolute Gasteiger partial charge is 0.357 e. The van der Waals surface area contributed by atoms with Crippen molar-refractivity contribution in [2.45, 2.75) is 50.3 Å². The van der Waals surface area contributed by atoms with E-state index in [4.69, 9.17) is 0 Å². The summed E-state index contributed by atoms with van der Waals surface area (Å²) in [4.78, 5) is 30.9. The number of benzene rings is 4. The third kappa shape index (κ3) is 6.75. The van der Waals surface area contributed by atoms with Gasteiger partial charge in [-0.1, -0.05) is 45.1 Å². The van der Waals surface area contributed by atoms with Crippen LogP contribution < -0.4 is 9.97 Å². The molecular formula is C40H20CuF12N8O2S. The second kappa shape index (κ2) is 16.1. The van der Waals surface area contributed by atoms with Crippen molar-refractivity contribution in [3.63, 3.8) is 0 Å². The van der Waals surface area contributed by atoms with Crippen molar-refractivity contribution >= 4 is 54.0 Å². The first-order valence-electron chi connectivity index (χ1n) is 18.6. The molecule has 2 aliphatic rings. The van der Waals surface area contributed by atoms with Gasteiger partial charge in [-0.3, -0.25) is 0 Å². The maximum absolute atomic E-state index is 15.7. The number of aromatic nitrogens is 8. The van der Waals surface area contributed by atoms with Crippen LogP contribution >= 0.6 is 0 Å². The molecule has 0 N–H and O–H groups in total. The van der Waals surface area contributed by atoms with Crippen LogP contribution in [0.25, 0.3) is 89.7 Å². The first kappa shape index (κ1) is 44.5. The Balaban J connectivity index is 0.00000560. The Morgan fingerprint density at radius 3 is 1.23 bits per heavy atom. The summed E-state index contributed by atoms with van der Waals surface area (Å²) < 4.78 is 210. The molecule has 0 atom stereocenters. The summed E-state index contributed by atoms with van der Waals surface area (Å²) in [5, 5.41) is -3.25. The zero-order valence-electron chi connectivity index (χ0n) is 31.8. The van der Waals surface area contributed by atoms with Crippen molar-refractivity contribution in [3.05, 3.63) is 88.0 Å². The van der Waals surface area contributed by atoms with Crippen LogP contribution in [0.3, 0.4) is 0 Å². The molecule has 1 radical (unpaired) electrons. The van der Waals surface area contributed by atoms with E-state index in [0.717, 1.165) is 43.9 Å². The van der Waals surface area contributed by atoms with E-state index < -0.39 is 159 Å². The summed E-state index contributed by atoms with van der Waals surface area (Å²) in [6.07, 6.45) is 4.40. The predicted molar refractivity (Wildman–Crippen MR) is 199 cm³/mol. The number of halogens is 12. The van der Waals surface area contributed by atoms with E-state index in [2.05, 4.69) is 39.9 Å². The van der Waals surface area contributed by atoms with Gasteiger partial charge in [0.15, 0.2) is 79.6 Å². The van der Waals surface area contributed by atoms with Crippen LogP contribution in [0.15, 0.2) is 23.1 Å². The summed E-state index contributed by atoms with van der Waals surface area (Å²) in [5.74, 6) is -32.3. The van der Waals surface area contributed by atoms with E-state index in [1.165, 1.54) is 0 Å². The Labute approximate surface area is 360 Å². The van der Waals surface area contributed by atoms with Gasteiger partial charge in [-0.2, -0.15) is 0 Å². The second-order valence-electron chi connectivity index (χ2n) is 14.3. The normalized spacial score (nSPS) is 12.3. The average molecular weight is 968 g/mol. The summed E-state index contributed by atoms with van der Waals surface area (Å²) in [6.45, 7) is 2.01. The zero-order valence-corrected chi connectivity index (χ0v) is 33.6. The van der Waals surface area contributed by atoms with Crippen LogP contribution in [-0.4, -0.2) is 44.1 Å². The topological polar surface area (TPSA) is 140 Å². The molecule has 0 saturated carbocycles. The van der Waals surface area contributed by atoms with Crippen molar-refractivity contribution in [2.24, 2.45) is 0 Å². The van der Waals surface area contributed by atoms with Gasteiger partial charge >= 0.3 is 17.1 Å². The molecule has 24 heteroatoms. The molecule has 7 aromatic rings. The fourth-order valence-electron chi connectivity index (χ4n) is 7.36. The molecule has 0 fully saturated rings. The van der Waals surface area contributed by atoms with E-state index >= 15 is 26.3 Å².